The lowest BCUT2D eigenvalue weighted by Crippen LogP contribution is -2.20. The SMILES string of the molecule is COc1cc(NC(=O)COc2ccc(Cl)c3c2C(=O)CC3C)cc(OC)c1. The molecule has 1 aliphatic rings. The van der Waals surface area contributed by atoms with E-state index < -0.39 is 0 Å². The molecule has 0 fully saturated rings. The van der Waals surface area contributed by atoms with Crippen molar-refractivity contribution in [1.29, 1.82) is 0 Å². The van der Waals surface area contributed by atoms with Crippen molar-refractivity contribution in [1.82, 2.24) is 0 Å². The molecule has 0 radical (unpaired) electrons. The topological polar surface area (TPSA) is 73.9 Å². The van der Waals surface area contributed by atoms with E-state index in [4.69, 9.17) is 25.8 Å². The molecule has 1 unspecified atom stereocenters. The number of carbonyl (C=O) groups is 2. The second-order valence-electron chi connectivity index (χ2n) is 6.30. The number of Topliss-reactive ketones (excluding diaryl/α,β-unsaturated/α-hetero) is 1. The number of nitrogens with one attached hydrogen (secondary N) is 1. The molecule has 6 nitrogen and oxygen atoms in total. The zero-order valence-corrected chi connectivity index (χ0v) is 16.1. The Morgan fingerprint density at radius 3 is 2.48 bits per heavy atom. The number of carbonyl (C=O) groups excluding carboxylic acids is 2. The lowest BCUT2D eigenvalue weighted by atomic mass is 10.0. The van der Waals surface area contributed by atoms with Gasteiger partial charge in [-0.25, -0.2) is 0 Å². The number of ether oxygens (including phenoxy) is 3. The van der Waals surface area contributed by atoms with Gasteiger partial charge in [0, 0.05) is 35.3 Å². The van der Waals surface area contributed by atoms with Gasteiger partial charge in [-0.3, -0.25) is 9.59 Å². The molecule has 0 saturated heterocycles. The number of fused-ring (bicyclic) bond motifs is 1. The van der Waals surface area contributed by atoms with Crippen LogP contribution in [0.2, 0.25) is 5.02 Å². The maximum atomic E-state index is 12.3. The van der Waals surface area contributed by atoms with Crippen LogP contribution in [0.1, 0.15) is 35.2 Å². The molecule has 0 spiro atoms. The Balaban J connectivity index is 1.72. The lowest BCUT2D eigenvalue weighted by molar-refractivity contribution is -0.118. The van der Waals surface area contributed by atoms with Crippen molar-refractivity contribution >= 4 is 29.0 Å². The van der Waals surface area contributed by atoms with Gasteiger partial charge in [-0.15, -0.1) is 0 Å². The Kier molecular flexibility index (Phi) is 5.56. The highest BCUT2D eigenvalue weighted by Crippen LogP contribution is 2.42. The van der Waals surface area contributed by atoms with Crippen LogP contribution in [0.5, 0.6) is 17.2 Å². The summed E-state index contributed by atoms with van der Waals surface area (Å²) in [4.78, 5) is 24.5. The minimum Gasteiger partial charge on any atom is -0.497 e. The highest BCUT2D eigenvalue weighted by Gasteiger charge is 2.31. The fraction of sp³-hybridized carbons (Fsp3) is 0.300. The number of hydrogen-bond donors (Lipinski definition) is 1. The first-order chi connectivity index (χ1) is 12.9. The summed E-state index contributed by atoms with van der Waals surface area (Å²) in [5, 5.41) is 3.27. The van der Waals surface area contributed by atoms with Crippen molar-refractivity contribution in [3.8, 4) is 17.2 Å². The first-order valence-electron chi connectivity index (χ1n) is 8.44. The monoisotopic (exact) mass is 389 g/mol. The molecule has 27 heavy (non-hydrogen) atoms. The predicted octanol–water partition coefficient (Wildman–Crippen LogP) is 4.06. The Bertz CT molecular complexity index is 874. The van der Waals surface area contributed by atoms with Gasteiger partial charge in [0.1, 0.15) is 17.2 Å². The Morgan fingerprint density at radius 2 is 1.85 bits per heavy atom. The summed E-state index contributed by atoms with van der Waals surface area (Å²) in [6.07, 6.45) is 0.394. The average molecular weight is 390 g/mol. The number of anilines is 1. The Morgan fingerprint density at radius 1 is 1.19 bits per heavy atom. The molecular weight excluding hydrogens is 370 g/mol. The fourth-order valence-corrected chi connectivity index (χ4v) is 3.51. The summed E-state index contributed by atoms with van der Waals surface area (Å²) in [7, 11) is 3.06. The van der Waals surface area contributed by atoms with Gasteiger partial charge in [0.15, 0.2) is 12.4 Å². The van der Waals surface area contributed by atoms with Crippen LogP contribution in [0.3, 0.4) is 0 Å². The number of ketones is 1. The van der Waals surface area contributed by atoms with Crippen LogP contribution in [-0.4, -0.2) is 32.5 Å². The van der Waals surface area contributed by atoms with Gasteiger partial charge in [0.2, 0.25) is 0 Å². The molecular formula is C20H20ClNO5. The minimum absolute atomic E-state index is 0.0204. The average Bonchev–Trinajstić information content (AvgIpc) is 2.96. The molecule has 1 aliphatic carbocycles. The maximum absolute atomic E-state index is 12.3. The molecule has 7 heteroatoms. The van der Waals surface area contributed by atoms with Crippen LogP contribution in [0.15, 0.2) is 30.3 Å². The Hall–Kier alpha value is -2.73. The number of hydrogen-bond acceptors (Lipinski definition) is 5. The number of rotatable bonds is 6. The third-order valence-electron chi connectivity index (χ3n) is 4.41. The van der Waals surface area contributed by atoms with E-state index in [0.29, 0.717) is 39.9 Å². The highest BCUT2D eigenvalue weighted by atomic mass is 35.5. The molecule has 2 aromatic rings. The van der Waals surface area contributed by atoms with Crippen LogP contribution < -0.4 is 19.5 Å². The number of benzene rings is 2. The molecule has 1 N–H and O–H groups in total. The van der Waals surface area contributed by atoms with Crippen molar-refractivity contribution in [3.05, 3.63) is 46.5 Å². The summed E-state index contributed by atoms with van der Waals surface area (Å²) in [5.74, 6) is 1.14. The number of amides is 1. The minimum atomic E-state index is -0.368. The maximum Gasteiger partial charge on any atom is 0.262 e. The Labute approximate surface area is 162 Å². The largest absolute Gasteiger partial charge is 0.497 e. The zero-order valence-electron chi connectivity index (χ0n) is 15.3. The van der Waals surface area contributed by atoms with Crippen molar-refractivity contribution < 1.29 is 23.8 Å². The summed E-state index contributed by atoms with van der Waals surface area (Å²) in [6.45, 7) is 1.71. The molecule has 3 rings (SSSR count). The summed E-state index contributed by atoms with van der Waals surface area (Å²) >= 11 is 6.22. The third kappa shape index (κ3) is 4.01. The van der Waals surface area contributed by atoms with E-state index >= 15 is 0 Å². The van der Waals surface area contributed by atoms with Gasteiger partial charge < -0.3 is 19.5 Å². The highest BCUT2D eigenvalue weighted by molar-refractivity contribution is 6.32. The standard InChI is InChI=1S/C20H20ClNO5/c1-11-6-16(23)20-17(5-4-15(21)19(11)20)27-10-18(24)22-12-7-13(25-2)9-14(8-12)26-3/h4-5,7-9,11H,6,10H2,1-3H3,(H,22,24). The number of methoxy groups -OCH3 is 2. The van der Waals surface area contributed by atoms with E-state index in [-0.39, 0.29) is 24.2 Å². The van der Waals surface area contributed by atoms with E-state index in [1.807, 2.05) is 6.92 Å². The first kappa shape index (κ1) is 19.0. The molecule has 0 bridgehead atoms. The normalized spacial score (nSPS) is 15.3. The molecule has 0 aromatic heterocycles. The van der Waals surface area contributed by atoms with Crippen LogP contribution in [0.4, 0.5) is 5.69 Å². The van der Waals surface area contributed by atoms with E-state index in [1.54, 1.807) is 30.3 Å². The van der Waals surface area contributed by atoms with Crippen molar-refractivity contribution in [2.45, 2.75) is 19.3 Å². The van der Waals surface area contributed by atoms with Gasteiger partial charge in [-0.1, -0.05) is 18.5 Å². The fourth-order valence-electron chi connectivity index (χ4n) is 3.17. The molecule has 1 atom stereocenters. The smallest absolute Gasteiger partial charge is 0.262 e. The van der Waals surface area contributed by atoms with Crippen LogP contribution in [-0.2, 0) is 4.79 Å². The molecule has 1 amide bonds. The van der Waals surface area contributed by atoms with Crippen molar-refractivity contribution in [2.24, 2.45) is 0 Å². The predicted molar refractivity (Wildman–Crippen MR) is 102 cm³/mol. The van der Waals surface area contributed by atoms with Crippen LogP contribution in [0.25, 0.3) is 0 Å². The van der Waals surface area contributed by atoms with Crippen LogP contribution in [0, 0.1) is 0 Å². The van der Waals surface area contributed by atoms with Crippen molar-refractivity contribution in [3.63, 3.8) is 0 Å². The third-order valence-corrected chi connectivity index (χ3v) is 4.74. The summed E-state index contributed by atoms with van der Waals surface area (Å²) in [5.41, 5.74) is 1.79. The van der Waals surface area contributed by atoms with E-state index in [0.717, 1.165) is 5.56 Å². The van der Waals surface area contributed by atoms with E-state index in [1.165, 1.54) is 14.2 Å². The molecule has 0 heterocycles. The molecule has 2 aromatic carbocycles. The lowest BCUT2D eigenvalue weighted by Gasteiger charge is -2.13. The molecule has 0 saturated carbocycles. The van der Waals surface area contributed by atoms with Gasteiger partial charge in [-0.05, 0) is 23.6 Å². The van der Waals surface area contributed by atoms with E-state index in [9.17, 15) is 9.59 Å². The number of halogens is 1. The van der Waals surface area contributed by atoms with Gasteiger partial charge in [-0.2, -0.15) is 0 Å². The summed E-state index contributed by atoms with van der Waals surface area (Å²) in [6, 6.07) is 8.36. The van der Waals surface area contributed by atoms with Crippen molar-refractivity contribution in [2.75, 3.05) is 26.1 Å². The van der Waals surface area contributed by atoms with Gasteiger partial charge in [0.05, 0.1) is 19.8 Å². The second kappa shape index (κ2) is 7.88. The second-order valence-corrected chi connectivity index (χ2v) is 6.71. The summed E-state index contributed by atoms with van der Waals surface area (Å²) < 4.78 is 16.0. The quantitative estimate of drug-likeness (QED) is 0.806. The van der Waals surface area contributed by atoms with Gasteiger partial charge in [0.25, 0.3) is 5.91 Å². The molecule has 0 aliphatic heterocycles. The van der Waals surface area contributed by atoms with Gasteiger partial charge >= 0.3 is 0 Å². The van der Waals surface area contributed by atoms with Crippen LogP contribution >= 0.6 is 11.6 Å². The zero-order chi connectivity index (χ0) is 19.6. The first-order valence-corrected chi connectivity index (χ1v) is 8.82. The molecule has 142 valence electrons. The van der Waals surface area contributed by atoms with E-state index in [2.05, 4.69) is 5.32 Å².